The molecule has 0 radical (unpaired) electrons. The van der Waals surface area contributed by atoms with E-state index in [4.69, 9.17) is 18.2 Å². The number of nitrogens with one attached hydrogen (secondary N) is 2. The maximum absolute atomic E-state index is 6.97. The molecule has 4 heterocycles. The molecule has 0 aliphatic carbocycles. The molecule has 0 saturated carbocycles. The van der Waals surface area contributed by atoms with Crippen molar-refractivity contribution < 1.29 is 13.3 Å². The largest absolute Gasteiger partial charge is 0.456 e. The van der Waals surface area contributed by atoms with Crippen LogP contribution in [0.25, 0.3) is 76.9 Å². The Balaban J connectivity index is 1.07. The molecule has 0 spiro atoms. The van der Waals surface area contributed by atoms with Crippen molar-refractivity contribution in [1.82, 2.24) is 10.6 Å². The highest BCUT2D eigenvalue weighted by molar-refractivity contribution is 6.17. The zero-order chi connectivity index (χ0) is 33.5. The Morgan fingerprint density at radius 2 is 1.12 bits per heavy atom. The van der Waals surface area contributed by atoms with Gasteiger partial charge >= 0.3 is 0 Å². The standard InChI is InChI=1S/C45H29N3O3/c1-2-11-26(12-3-1)43-46-44(27-23-24-29-28-13-4-6-20-36(28)50-39(29)25-27)48-45(47-43)35-19-9-18-33-32-17-8-16-31(41(32)51-42(33)35)30-15-10-22-38-40(30)34-14-5-7-21-37(34)49-38/h1-25,43,45,47H,(H,46,48). The molecule has 10 aromatic rings. The molecule has 2 unspecified atom stereocenters. The fraction of sp³-hybridized carbons (Fsp3) is 0.0444. The topological polar surface area (TPSA) is 75.8 Å². The van der Waals surface area contributed by atoms with Crippen LogP contribution >= 0.6 is 0 Å². The minimum Gasteiger partial charge on any atom is -0.456 e. The summed E-state index contributed by atoms with van der Waals surface area (Å²) in [4.78, 5) is 5.20. The average molecular weight is 660 g/mol. The maximum Gasteiger partial charge on any atom is 0.143 e. The number of rotatable bonds is 4. The van der Waals surface area contributed by atoms with Gasteiger partial charge in [-0.15, -0.1) is 0 Å². The lowest BCUT2D eigenvalue weighted by atomic mass is 9.97. The molecule has 2 N–H and O–H groups in total. The quantitative estimate of drug-likeness (QED) is 0.197. The lowest BCUT2D eigenvalue weighted by Crippen LogP contribution is -2.45. The third kappa shape index (κ3) is 4.37. The first-order valence-corrected chi connectivity index (χ1v) is 17.2. The molecule has 0 bridgehead atoms. The van der Waals surface area contributed by atoms with Crippen molar-refractivity contribution in [3.63, 3.8) is 0 Å². The van der Waals surface area contributed by atoms with Crippen LogP contribution in [0.15, 0.2) is 170 Å². The monoisotopic (exact) mass is 659 g/mol. The molecule has 51 heavy (non-hydrogen) atoms. The summed E-state index contributed by atoms with van der Waals surface area (Å²) in [6.45, 7) is 0. The van der Waals surface area contributed by atoms with E-state index in [-0.39, 0.29) is 12.3 Å². The summed E-state index contributed by atoms with van der Waals surface area (Å²) < 4.78 is 19.5. The van der Waals surface area contributed by atoms with E-state index in [9.17, 15) is 0 Å². The molecule has 1 aliphatic heterocycles. The zero-order valence-electron chi connectivity index (χ0n) is 27.3. The van der Waals surface area contributed by atoms with Crippen molar-refractivity contribution in [3.8, 4) is 11.1 Å². The molecule has 0 fully saturated rings. The summed E-state index contributed by atoms with van der Waals surface area (Å²) in [5, 5.41) is 14.0. The van der Waals surface area contributed by atoms with Crippen LogP contribution in [0, 0.1) is 0 Å². The van der Waals surface area contributed by atoms with Crippen molar-refractivity contribution in [3.05, 3.63) is 168 Å². The lowest BCUT2D eigenvalue weighted by Gasteiger charge is -2.32. The smallest absolute Gasteiger partial charge is 0.143 e. The van der Waals surface area contributed by atoms with E-state index in [1.807, 2.05) is 42.5 Å². The third-order valence-electron chi connectivity index (χ3n) is 10.2. The first-order valence-electron chi connectivity index (χ1n) is 17.2. The Morgan fingerprint density at radius 3 is 2.00 bits per heavy atom. The van der Waals surface area contributed by atoms with Crippen LogP contribution in [-0.4, -0.2) is 5.84 Å². The summed E-state index contributed by atoms with van der Waals surface area (Å²) in [6.07, 6.45) is -0.593. The van der Waals surface area contributed by atoms with Crippen LogP contribution < -0.4 is 10.6 Å². The lowest BCUT2D eigenvalue weighted by molar-refractivity contribution is 0.408. The van der Waals surface area contributed by atoms with E-state index in [1.165, 1.54) is 0 Å². The number of amidine groups is 1. The SMILES string of the molecule is c1ccc(C2N=C(c3ccc4c(c3)oc3ccccc34)NC(c3cccc4c3oc3c(-c5cccc6oc7ccccc7c56)cccc34)N2)cc1. The summed E-state index contributed by atoms with van der Waals surface area (Å²) in [5.41, 5.74) is 10.2. The number of benzene rings is 7. The Morgan fingerprint density at radius 1 is 0.471 bits per heavy atom. The van der Waals surface area contributed by atoms with Crippen molar-refractivity contribution >= 4 is 71.7 Å². The van der Waals surface area contributed by atoms with Gasteiger partial charge < -0.3 is 18.6 Å². The molecular weight excluding hydrogens is 631 g/mol. The van der Waals surface area contributed by atoms with Crippen molar-refractivity contribution in [2.75, 3.05) is 0 Å². The second-order valence-electron chi connectivity index (χ2n) is 13.1. The number of para-hydroxylation sites is 4. The summed E-state index contributed by atoms with van der Waals surface area (Å²) in [5.74, 6) is 0.780. The highest BCUT2D eigenvalue weighted by atomic mass is 16.3. The molecule has 242 valence electrons. The van der Waals surface area contributed by atoms with Crippen LogP contribution in [0.4, 0.5) is 0 Å². The number of furan rings is 3. The summed E-state index contributed by atoms with van der Waals surface area (Å²) >= 11 is 0. The molecule has 3 aromatic heterocycles. The van der Waals surface area contributed by atoms with Gasteiger partial charge in [0.2, 0.25) is 0 Å². The summed E-state index contributed by atoms with van der Waals surface area (Å²) in [7, 11) is 0. The van der Waals surface area contributed by atoms with Gasteiger partial charge in [0.05, 0.1) is 0 Å². The molecule has 7 aromatic carbocycles. The highest BCUT2D eigenvalue weighted by Gasteiger charge is 2.29. The number of aliphatic imine (C=N–C) groups is 1. The van der Waals surface area contributed by atoms with E-state index >= 15 is 0 Å². The van der Waals surface area contributed by atoms with Crippen LogP contribution in [0.1, 0.15) is 29.0 Å². The van der Waals surface area contributed by atoms with Crippen LogP contribution in [0.2, 0.25) is 0 Å². The van der Waals surface area contributed by atoms with Gasteiger partial charge in [0, 0.05) is 49.0 Å². The van der Waals surface area contributed by atoms with Crippen molar-refractivity contribution in [2.45, 2.75) is 12.3 Å². The Labute approximate surface area is 291 Å². The normalized spacial score (nSPS) is 16.4. The molecular formula is C45H29N3O3. The van der Waals surface area contributed by atoms with Gasteiger partial charge in [-0.1, -0.05) is 121 Å². The molecule has 1 aliphatic rings. The van der Waals surface area contributed by atoms with Crippen molar-refractivity contribution in [1.29, 1.82) is 0 Å². The molecule has 0 amide bonds. The van der Waals surface area contributed by atoms with Crippen LogP contribution in [0.3, 0.4) is 0 Å². The van der Waals surface area contributed by atoms with E-state index < -0.39 is 0 Å². The minimum absolute atomic E-state index is 0.291. The predicted molar refractivity (Wildman–Crippen MR) is 205 cm³/mol. The summed E-state index contributed by atoms with van der Waals surface area (Å²) in [6, 6.07) is 52.1. The van der Waals surface area contributed by atoms with Crippen LogP contribution in [0.5, 0.6) is 0 Å². The van der Waals surface area contributed by atoms with Gasteiger partial charge in [0.1, 0.15) is 51.7 Å². The van der Waals surface area contributed by atoms with Gasteiger partial charge in [-0.2, -0.15) is 0 Å². The van der Waals surface area contributed by atoms with Gasteiger partial charge in [0.15, 0.2) is 0 Å². The predicted octanol–water partition coefficient (Wildman–Crippen LogP) is 11.4. The Bertz CT molecular complexity index is 3000. The number of hydrogen-bond acceptors (Lipinski definition) is 6. The Kier molecular flexibility index (Phi) is 6.05. The number of nitrogens with zero attached hydrogens (tertiary/aromatic N) is 1. The zero-order valence-corrected chi connectivity index (χ0v) is 27.3. The highest BCUT2D eigenvalue weighted by Crippen LogP contribution is 2.43. The Hall–Kier alpha value is -6.63. The molecule has 6 heteroatoms. The van der Waals surface area contributed by atoms with E-state index in [0.717, 1.165) is 99.5 Å². The van der Waals surface area contributed by atoms with Gasteiger partial charge in [0.25, 0.3) is 0 Å². The number of hydrogen-bond donors (Lipinski definition) is 2. The first-order chi connectivity index (χ1) is 25.3. The van der Waals surface area contributed by atoms with Crippen molar-refractivity contribution in [2.24, 2.45) is 4.99 Å². The number of fused-ring (bicyclic) bond motifs is 9. The fourth-order valence-corrected chi connectivity index (χ4v) is 7.83. The van der Waals surface area contributed by atoms with E-state index in [0.29, 0.717) is 0 Å². The minimum atomic E-state index is -0.303. The van der Waals surface area contributed by atoms with Crippen LogP contribution in [-0.2, 0) is 0 Å². The molecule has 2 atom stereocenters. The van der Waals surface area contributed by atoms with Gasteiger partial charge in [-0.05, 0) is 41.5 Å². The average Bonchev–Trinajstić information content (AvgIpc) is 3.89. The first kappa shape index (κ1) is 28.2. The third-order valence-corrected chi connectivity index (χ3v) is 10.2. The fourth-order valence-electron chi connectivity index (χ4n) is 7.83. The molecule has 0 saturated heterocycles. The second kappa shape index (κ2) is 10.9. The van der Waals surface area contributed by atoms with E-state index in [2.05, 4.69) is 120 Å². The second-order valence-corrected chi connectivity index (χ2v) is 13.1. The molecule has 6 nitrogen and oxygen atoms in total. The molecule has 11 rings (SSSR count). The van der Waals surface area contributed by atoms with Gasteiger partial charge in [-0.3, -0.25) is 5.32 Å². The maximum atomic E-state index is 6.97. The van der Waals surface area contributed by atoms with Gasteiger partial charge in [-0.25, -0.2) is 4.99 Å². The van der Waals surface area contributed by atoms with E-state index in [1.54, 1.807) is 0 Å².